The Balaban J connectivity index is 0.000000791. The minimum absolute atomic E-state index is 0.173. The number of Topliss-reactive ketones (excluding diaryl/α,β-unsaturated/α-hetero) is 1. The van der Waals surface area contributed by atoms with E-state index in [-0.39, 0.29) is 5.39 Å². The van der Waals surface area contributed by atoms with E-state index in [1.54, 1.807) is 25.5 Å². The van der Waals surface area contributed by atoms with Gasteiger partial charge in [-0.3, -0.25) is 9.25 Å². The Bertz CT molecular complexity index is 884. The van der Waals surface area contributed by atoms with Crippen LogP contribution in [-0.4, -0.2) is 31.1 Å². The smallest absolute Gasteiger partial charge is 0.335 e. The average Bonchev–Trinajstić information content (AvgIpc) is 3.20. The molecule has 0 N–H and O–H groups in total. The van der Waals surface area contributed by atoms with E-state index in [0.29, 0.717) is 11.3 Å². The molecule has 0 aliphatic carbocycles. The molecule has 3 aromatic rings. The number of ketones is 1. The summed E-state index contributed by atoms with van der Waals surface area (Å²) >= 11 is 0. The average molecular weight is 386 g/mol. The number of hydrogen-bond donors (Lipinski definition) is 0. The van der Waals surface area contributed by atoms with Gasteiger partial charge in [-0.05, 0) is 21.5 Å². The van der Waals surface area contributed by atoms with Gasteiger partial charge in [0.1, 0.15) is 5.65 Å². The van der Waals surface area contributed by atoms with Crippen molar-refractivity contribution in [3.63, 3.8) is 0 Å². The summed E-state index contributed by atoms with van der Waals surface area (Å²) in [5, 5.41) is 4.16. The molecule has 142 valence electrons. The third-order valence-corrected chi connectivity index (χ3v) is 3.50. The number of fused-ring (bicyclic) bond motifs is 1. The molecule has 0 spiro atoms. The van der Waals surface area contributed by atoms with E-state index in [9.17, 15) is 18.0 Å². The van der Waals surface area contributed by atoms with E-state index < -0.39 is 17.5 Å². The van der Waals surface area contributed by atoms with Crippen molar-refractivity contribution in [2.75, 3.05) is 0 Å². The molecular formula is C17H22F3N4OP. The Morgan fingerprint density at radius 3 is 2.23 bits per heavy atom. The van der Waals surface area contributed by atoms with Crippen molar-refractivity contribution in [1.29, 1.82) is 0 Å². The summed E-state index contributed by atoms with van der Waals surface area (Å²) in [6, 6.07) is 3.04. The van der Waals surface area contributed by atoms with Gasteiger partial charge in [0.25, 0.3) is 5.78 Å². The van der Waals surface area contributed by atoms with Gasteiger partial charge in [0.2, 0.25) is 0 Å². The van der Waals surface area contributed by atoms with Crippen LogP contribution in [-0.2, 0) is 7.05 Å². The Kier molecular flexibility index (Phi) is 7.51. The number of aromatic nitrogens is 4. The van der Waals surface area contributed by atoms with E-state index in [4.69, 9.17) is 0 Å². The van der Waals surface area contributed by atoms with E-state index in [0.717, 1.165) is 11.8 Å². The molecule has 3 heterocycles. The maximum atomic E-state index is 12.6. The molecule has 0 saturated heterocycles. The minimum Gasteiger partial charge on any atom is -0.335 e. The van der Waals surface area contributed by atoms with Gasteiger partial charge < -0.3 is 4.57 Å². The molecule has 0 aromatic carbocycles. The van der Waals surface area contributed by atoms with Crippen LogP contribution in [0.4, 0.5) is 13.2 Å². The lowest BCUT2D eigenvalue weighted by molar-refractivity contribution is -0.0884. The minimum atomic E-state index is -4.91. The van der Waals surface area contributed by atoms with Crippen LogP contribution in [0.2, 0.25) is 0 Å². The molecule has 0 radical (unpaired) electrons. The second-order valence-electron chi connectivity index (χ2n) is 4.76. The lowest BCUT2D eigenvalue weighted by atomic mass is 10.1. The third-order valence-electron chi connectivity index (χ3n) is 3.22. The van der Waals surface area contributed by atoms with Crippen LogP contribution in [0.25, 0.3) is 22.3 Å². The first kappa shape index (κ1) is 21.8. The summed E-state index contributed by atoms with van der Waals surface area (Å²) in [5.74, 6) is -1.87. The highest BCUT2D eigenvalue weighted by molar-refractivity contribution is 7.14. The van der Waals surface area contributed by atoms with Gasteiger partial charge in [0.05, 0.1) is 17.5 Å². The molecule has 26 heavy (non-hydrogen) atoms. The van der Waals surface area contributed by atoms with Crippen molar-refractivity contribution in [2.45, 2.75) is 33.9 Å². The molecule has 0 bridgehead atoms. The van der Waals surface area contributed by atoms with Crippen molar-refractivity contribution < 1.29 is 18.0 Å². The van der Waals surface area contributed by atoms with Crippen molar-refractivity contribution >= 4 is 26.2 Å². The summed E-state index contributed by atoms with van der Waals surface area (Å²) in [6.45, 7) is 8.00. The number of hydrogen-bond acceptors (Lipinski definition) is 3. The first-order valence-corrected chi connectivity index (χ1v) is 8.67. The Labute approximate surface area is 152 Å². The summed E-state index contributed by atoms with van der Waals surface area (Å²) in [4.78, 5) is 15.8. The van der Waals surface area contributed by atoms with Crippen LogP contribution in [0, 0.1) is 0 Å². The number of halogens is 3. The lowest BCUT2D eigenvalue weighted by Gasteiger charge is -2.03. The van der Waals surface area contributed by atoms with Crippen molar-refractivity contribution in [3.8, 4) is 11.3 Å². The summed E-state index contributed by atoms with van der Waals surface area (Å²) < 4.78 is 40.8. The predicted octanol–water partition coefficient (Wildman–Crippen LogP) is 4.87. The largest absolute Gasteiger partial charge is 0.454 e. The van der Waals surface area contributed by atoms with Crippen LogP contribution in [0.3, 0.4) is 0 Å². The van der Waals surface area contributed by atoms with E-state index in [1.165, 1.54) is 15.1 Å². The van der Waals surface area contributed by atoms with Gasteiger partial charge in [-0.2, -0.15) is 18.3 Å². The van der Waals surface area contributed by atoms with Crippen molar-refractivity contribution in [3.05, 3.63) is 36.3 Å². The fourth-order valence-corrected chi connectivity index (χ4v) is 2.44. The number of carbonyl (C=O) groups is 1. The van der Waals surface area contributed by atoms with Gasteiger partial charge >= 0.3 is 6.18 Å². The number of alkyl halides is 3. The molecule has 0 aliphatic rings. The molecule has 0 amide bonds. The number of aryl methyl sites for hydroxylation is 1. The van der Waals surface area contributed by atoms with E-state index in [1.807, 2.05) is 27.7 Å². The maximum Gasteiger partial charge on any atom is 0.454 e. The second kappa shape index (κ2) is 8.94. The first-order chi connectivity index (χ1) is 12.3. The zero-order valence-electron chi connectivity index (χ0n) is 15.3. The highest BCUT2D eigenvalue weighted by Gasteiger charge is 2.40. The van der Waals surface area contributed by atoms with Gasteiger partial charge in [0.15, 0.2) is 0 Å². The normalized spacial score (nSPS) is 10.7. The molecule has 5 nitrogen and oxygen atoms in total. The molecule has 0 saturated carbocycles. The Hall–Kier alpha value is -2.21. The second-order valence-corrected chi connectivity index (χ2v) is 5.29. The fraction of sp³-hybridized carbons (Fsp3) is 0.353. The summed E-state index contributed by atoms with van der Waals surface area (Å²) in [7, 11) is 3.92. The van der Waals surface area contributed by atoms with Crippen LogP contribution >= 0.6 is 9.39 Å². The van der Waals surface area contributed by atoms with E-state index >= 15 is 0 Å². The molecule has 0 aliphatic heterocycles. The van der Waals surface area contributed by atoms with Crippen molar-refractivity contribution in [2.24, 2.45) is 7.05 Å². The van der Waals surface area contributed by atoms with Crippen LogP contribution in [0.5, 0.6) is 0 Å². The number of carbonyl (C=O) groups excluding carboxylic acids is 1. The lowest BCUT2D eigenvalue weighted by Crippen LogP contribution is -2.22. The highest BCUT2D eigenvalue weighted by Crippen LogP contribution is 2.29. The zero-order valence-corrected chi connectivity index (χ0v) is 16.4. The van der Waals surface area contributed by atoms with Crippen molar-refractivity contribution in [1.82, 2.24) is 19.1 Å². The standard InChI is InChI=1S/C13H10F3N4OP.2C2H6/c1-19-6-9(11(21)13(14,15)16)8-2-3-10(18-12(8)19)7-4-17-20(22)5-7;2*1-2/h2-6H,22H2,1H3;2*1-2H3. The van der Waals surface area contributed by atoms with Gasteiger partial charge in [-0.1, -0.05) is 27.7 Å². The Morgan fingerprint density at radius 2 is 1.73 bits per heavy atom. The molecule has 1 atom stereocenters. The van der Waals surface area contributed by atoms with Gasteiger partial charge in [-0.25, -0.2) is 4.98 Å². The molecule has 0 fully saturated rings. The summed E-state index contributed by atoms with van der Waals surface area (Å²) in [6.07, 6.45) is -0.459. The number of pyridine rings is 1. The number of rotatable bonds is 2. The summed E-state index contributed by atoms with van der Waals surface area (Å²) in [5.41, 5.74) is 1.20. The fourth-order valence-electron chi connectivity index (χ4n) is 2.22. The van der Waals surface area contributed by atoms with Crippen LogP contribution in [0.1, 0.15) is 38.1 Å². The SMILES string of the molecule is CC.CC.Cn1cc(C(=O)C(F)(F)F)c2ccc(-c3cnn(P)c3)nc21. The van der Waals surface area contributed by atoms with Crippen LogP contribution in [0.15, 0.2) is 30.7 Å². The molecule has 9 heteroatoms. The van der Waals surface area contributed by atoms with E-state index in [2.05, 4.69) is 19.5 Å². The van der Waals surface area contributed by atoms with Gasteiger partial charge in [-0.15, -0.1) is 0 Å². The topological polar surface area (TPSA) is 52.7 Å². The first-order valence-electron chi connectivity index (χ1n) is 8.15. The molecule has 3 rings (SSSR count). The maximum absolute atomic E-state index is 12.6. The molecule has 3 aromatic heterocycles. The van der Waals surface area contributed by atoms with Gasteiger partial charge in [0, 0.05) is 30.4 Å². The third kappa shape index (κ3) is 4.49. The van der Waals surface area contributed by atoms with Crippen LogP contribution < -0.4 is 0 Å². The highest BCUT2D eigenvalue weighted by atomic mass is 31.0. The zero-order chi connectivity index (χ0) is 20.1. The molecule has 1 unspecified atom stereocenters. The monoisotopic (exact) mass is 386 g/mol. The quantitative estimate of drug-likeness (QED) is 0.466. The Morgan fingerprint density at radius 1 is 1.12 bits per heavy atom. The number of nitrogens with zero attached hydrogens (tertiary/aromatic N) is 4. The molecular weight excluding hydrogens is 364 g/mol. The predicted molar refractivity (Wildman–Crippen MR) is 100 cm³/mol.